The van der Waals surface area contributed by atoms with Crippen molar-refractivity contribution in [2.75, 3.05) is 19.7 Å². The first-order chi connectivity index (χ1) is 20.6. The Bertz CT molecular complexity index is 1300. The average molecular weight is 659 g/mol. The predicted octanol–water partition coefficient (Wildman–Crippen LogP) is 2.69. The number of hydrogen-bond donors (Lipinski definition) is 2. The summed E-state index contributed by atoms with van der Waals surface area (Å²) in [7, 11) is 0. The maximum Gasteiger partial charge on any atom is 0.313 e. The van der Waals surface area contributed by atoms with Gasteiger partial charge < -0.3 is 29.7 Å². The van der Waals surface area contributed by atoms with Crippen molar-refractivity contribution < 1.29 is 33.8 Å². The van der Waals surface area contributed by atoms with Crippen LogP contribution in [-0.4, -0.2) is 88.2 Å². The normalized spacial score (nSPS) is 33.5. The van der Waals surface area contributed by atoms with E-state index in [-0.39, 0.29) is 50.4 Å². The number of halogens is 1. The van der Waals surface area contributed by atoms with Crippen molar-refractivity contribution in [3.8, 4) is 0 Å². The fourth-order valence-electron chi connectivity index (χ4n) is 6.78. The van der Waals surface area contributed by atoms with Gasteiger partial charge in [-0.25, -0.2) is 0 Å². The largest absolute Gasteiger partial charge is 0.460 e. The van der Waals surface area contributed by atoms with Crippen LogP contribution in [0.1, 0.15) is 45.6 Å². The molecule has 2 saturated heterocycles. The van der Waals surface area contributed by atoms with Gasteiger partial charge in [0.1, 0.15) is 29.8 Å². The van der Waals surface area contributed by atoms with E-state index in [1.54, 1.807) is 17.9 Å². The number of amides is 3. The minimum atomic E-state index is -1.42. The van der Waals surface area contributed by atoms with Crippen LogP contribution in [0, 0.1) is 17.8 Å². The Kier molecular flexibility index (Phi) is 9.43. The quantitative estimate of drug-likeness (QED) is 0.356. The van der Waals surface area contributed by atoms with E-state index in [0.29, 0.717) is 17.3 Å². The van der Waals surface area contributed by atoms with E-state index in [4.69, 9.17) is 9.47 Å². The van der Waals surface area contributed by atoms with Crippen molar-refractivity contribution in [2.45, 2.75) is 76.5 Å². The first kappa shape index (κ1) is 31.4. The zero-order valence-corrected chi connectivity index (χ0v) is 26.4. The van der Waals surface area contributed by atoms with E-state index in [0.717, 1.165) is 5.56 Å². The van der Waals surface area contributed by atoms with E-state index in [1.165, 1.54) is 4.90 Å². The van der Waals surface area contributed by atoms with Crippen LogP contribution in [0.4, 0.5) is 0 Å². The van der Waals surface area contributed by atoms with Crippen molar-refractivity contribution in [1.82, 2.24) is 15.1 Å². The maximum absolute atomic E-state index is 14.8. The Morgan fingerprint density at radius 3 is 2.58 bits per heavy atom. The van der Waals surface area contributed by atoms with E-state index >= 15 is 0 Å². The lowest BCUT2D eigenvalue weighted by Crippen LogP contribution is -2.59. The molecule has 43 heavy (non-hydrogen) atoms. The van der Waals surface area contributed by atoms with Gasteiger partial charge in [-0.2, -0.15) is 0 Å². The molecule has 8 atom stereocenters. The number of carbonyl (C=O) groups excluding carboxylic acids is 4. The SMILES string of the molecule is CC[C@H](C)[C@H](CO)N1C(=O)[C@@H]2[C@H]3C(=O)O[C@@H](C)CNC(=O)CC/C=C\CN(Cc4ccccc4)C(=O)[C@@H]1[C@]21C=C(Br)[C@H]3O1. The fourth-order valence-corrected chi connectivity index (χ4v) is 7.52. The van der Waals surface area contributed by atoms with Crippen molar-refractivity contribution >= 4 is 39.6 Å². The van der Waals surface area contributed by atoms with Gasteiger partial charge in [0.15, 0.2) is 0 Å². The molecule has 0 radical (unpaired) electrons. The molecule has 1 aromatic rings. The zero-order chi connectivity index (χ0) is 30.9. The van der Waals surface area contributed by atoms with Gasteiger partial charge in [0.05, 0.1) is 25.1 Å². The van der Waals surface area contributed by atoms with Gasteiger partial charge in [0.25, 0.3) is 0 Å². The van der Waals surface area contributed by atoms with E-state index in [2.05, 4.69) is 21.2 Å². The van der Waals surface area contributed by atoms with Crippen molar-refractivity contribution in [1.29, 1.82) is 0 Å². The monoisotopic (exact) mass is 657 g/mol. The second kappa shape index (κ2) is 12.9. The topological polar surface area (TPSA) is 125 Å². The maximum atomic E-state index is 14.8. The first-order valence-corrected chi connectivity index (χ1v) is 15.9. The molecule has 11 heteroatoms. The number of allylic oxidation sites excluding steroid dienone is 1. The Morgan fingerprint density at radius 2 is 1.88 bits per heavy atom. The fraction of sp³-hybridized carbons (Fsp3) is 0.562. The van der Waals surface area contributed by atoms with Crippen LogP contribution in [0.25, 0.3) is 0 Å². The van der Waals surface area contributed by atoms with Gasteiger partial charge in [-0.3, -0.25) is 19.2 Å². The predicted molar refractivity (Wildman–Crippen MR) is 161 cm³/mol. The molecule has 0 aromatic heterocycles. The summed E-state index contributed by atoms with van der Waals surface area (Å²) < 4.78 is 12.9. The molecule has 0 aliphatic carbocycles. The molecule has 2 N–H and O–H groups in total. The molecule has 0 unspecified atom stereocenters. The molecular formula is C32H40BrN3O7. The van der Waals surface area contributed by atoms with Crippen LogP contribution in [0.3, 0.4) is 0 Å². The Hall–Kier alpha value is -3.02. The standard InChI is InChI=1S/C32H40BrN3O7/c1-4-19(2)23(18-37)36-28-30(40)35(17-21-11-7-5-8-12-21)14-10-6-9-13-24(38)34-16-20(3)42-31(41)25-26(29(36)39)32(28)15-22(33)27(25)43-32/h5-8,10-12,15,19-20,23,25-28,37H,4,9,13-14,16-18H2,1-3H3,(H,34,38)/b10-6-/t19-,20-,23-,25+,26-,27+,28+,32-/m0/s1. The number of cyclic esters (lactones) is 1. The summed E-state index contributed by atoms with van der Waals surface area (Å²) in [5.74, 6) is -3.68. The highest BCUT2D eigenvalue weighted by molar-refractivity contribution is 9.11. The van der Waals surface area contributed by atoms with Gasteiger partial charge in [0.2, 0.25) is 17.7 Å². The number of ether oxygens (including phenoxy) is 2. The molecule has 0 saturated carbocycles. The smallest absolute Gasteiger partial charge is 0.313 e. The lowest BCUT2D eigenvalue weighted by molar-refractivity contribution is -0.160. The molecule has 1 spiro atoms. The van der Waals surface area contributed by atoms with Gasteiger partial charge in [-0.15, -0.1) is 0 Å². The number of nitrogens with one attached hydrogen (secondary N) is 1. The molecule has 10 nitrogen and oxygen atoms in total. The number of benzene rings is 1. The third-order valence-electron chi connectivity index (χ3n) is 9.18. The van der Waals surface area contributed by atoms with Crippen molar-refractivity contribution in [3.05, 3.63) is 58.6 Å². The summed E-state index contributed by atoms with van der Waals surface area (Å²) in [5.41, 5.74) is -0.518. The molecule has 2 fully saturated rings. The lowest BCUT2D eigenvalue weighted by atomic mass is 9.74. The van der Waals surface area contributed by atoms with Crippen LogP contribution >= 0.6 is 15.9 Å². The van der Waals surface area contributed by atoms with Crippen LogP contribution in [0.15, 0.2) is 53.0 Å². The van der Waals surface area contributed by atoms with Crippen LogP contribution in [0.5, 0.6) is 0 Å². The third kappa shape index (κ3) is 5.79. The van der Waals surface area contributed by atoms with Crippen LogP contribution < -0.4 is 5.32 Å². The molecule has 1 aromatic carbocycles. The van der Waals surface area contributed by atoms with E-state index in [1.807, 2.05) is 56.3 Å². The van der Waals surface area contributed by atoms with E-state index < -0.39 is 53.6 Å². The number of carbonyl (C=O) groups is 4. The van der Waals surface area contributed by atoms with Gasteiger partial charge in [-0.1, -0.05) is 78.7 Å². The number of fused-ring (bicyclic) bond motifs is 2. The first-order valence-electron chi connectivity index (χ1n) is 15.1. The van der Waals surface area contributed by atoms with Gasteiger partial charge >= 0.3 is 5.97 Å². The molecule has 4 heterocycles. The van der Waals surface area contributed by atoms with Gasteiger partial charge in [-0.05, 0) is 30.9 Å². The number of esters is 1. The third-order valence-corrected chi connectivity index (χ3v) is 9.86. The highest BCUT2D eigenvalue weighted by Crippen LogP contribution is 2.59. The zero-order valence-electron chi connectivity index (χ0n) is 24.8. The number of hydrogen-bond acceptors (Lipinski definition) is 7. The number of aliphatic hydroxyl groups excluding tert-OH is 1. The second-order valence-electron chi connectivity index (χ2n) is 12.0. The minimum absolute atomic E-state index is 0.126. The summed E-state index contributed by atoms with van der Waals surface area (Å²) in [6.45, 7) is 5.89. The number of nitrogens with zero attached hydrogens (tertiary/aromatic N) is 2. The molecule has 3 amide bonds. The molecule has 5 rings (SSSR count). The molecule has 4 aliphatic heterocycles. The van der Waals surface area contributed by atoms with Gasteiger partial charge in [0, 0.05) is 24.0 Å². The van der Waals surface area contributed by atoms with Crippen molar-refractivity contribution in [2.24, 2.45) is 17.8 Å². The highest BCUT2D eigenvalue weighted by Gasteiger charge is 2.75. The second-order valence-corrected chi connectivity index (χ2v) is 12.9. The average Bonchev–Trinajstić information content (AvgIpc) is 3.58. The summed E-state index contributed by atoms with van der Waals surface area (Å²) in [6, 6.07) is 7.79. The number of rotatable bonds is 6. The minimum Gasteiger partial charge on any atom is -0.460 e. The molecular weight excluding hydrogens is 618 g/mol. The summed E-state index contributed by atoms with van der Waals surface area (Å²) >= 11 is 3.56. The Morgan fingerprint density at radius 1 is 1.14 bits per heavy atom. The number of aliphatic hydroxyl groups is 1. The lowest BCUT2D eigenvalue weighted by Gasteiger charge is -2.40. The molecule has 5 bridgehead atoms. The molecule has 232 valence electrons. The Labute approximate surface area is 260 Å². The molecule has 4 aliphatic rings. The van der Waals surface area contributed by atoms with E-state index in [9.17, 15) is 24.3 Å². The number of likely N-dealkylation sites (tertiary alicyclic amines) is 1. The van der Waals surface area contributed by atoms with Crippen LogP contribution in [0.2, 0.25) is 0 Å². The summed E-state index contributed by atoms with van der Waals surface area (Å²) in [4.78, 5) is 58.6. The highest BCUT2D eigenvalue weighted by atomic mass is 79.9. The van der Waals surface area contributed by atoms with Crippen molar-refractivity contribution in [3.63, 3.8) is 0 Å². The summed E-state index contributed by atoms with van der Waals surface area (Å²) in [5, 5.41) is 13.4. The van der Waals surface area contributed by atoms with Crippen LogP contribution in [-0.2, 0) is 35.2 Å². The Balaban J connectivity index is 1.63. The summed E-state index contributed by atoms with van der Waals surface area (Å²) in [6.07, 6.45) is 5.45.